The molecule has 3 heterocycles. The molecule has 3 rings (SSSR count). The monoisotopic (exact) mass is 349 g/mol. The Labute approximate surface area is 148 Å². The van der Waals surface area contributed by atoms with Crippen LogP contribution in [0, 0.1) is 12.8 Å². The van der Waals surface area contributed by atoms with Crippen LogP contribution in [0.25, 0.3) is 0 Å². The van der Waals surface area contributed by atoms with E-state index in [4.69, 9.17) is 9.47 Å². The van der Waals surface area contributed by atoms with Gasteiger partial charge < -0.3 is 24.6 Å². The Bertz CT molecular complexity index is 594. The van der Waals surface area contributed by atoms with Gasteiger partial charge in [-0.2, -0.15) is 5.10 Å². The molecule has 25 heavy (non-hydrogen) atoms. The minimum Gasteiger partial charge on any atom is -0.377 e. The van der Waals surface area contributed by atoms with E-state index in [1.165, 1.54) is 0 Å². The number of rotatable bonds is 3. The van der Waals surface area contributed by atoms with Crippen molar-refractivity contribution in [2.24, 2.45) is 5.92 Å². The lowest BCUT2D eigenvalue weighted by Crippen LogP contribution is -2.49. The van der Waals surface area contributed by atoms with Crippen molar-refractivity contribution in [3.63, 3.8) is 0 Å². The normalized spacial score (nSPS) is 26.5. The van der Waals surface area contributed by atoms with Gasteiger partial charge in [-0.3, -0.25) is 0 Å². The van der Waals surface area contributed by atoms with Gasteiger partial charge in [-0.15, -0.1) is 5.10 Å². The number of aryl methyl sites for hydroxylation is 1. The molecule has 0 saturated carbocycles. The number of hydrogen-bond donors (Lipinski definition) is 1. The van der Waals surface area contributed by atoms with Crippen LogP contribution in [-0.4, -0.2) is 85.2 Å². The second-order valence-corrected chi connectivity index (χ2v) is 7.16. The molecule has 8 nitrogen and oxygen atoms in total. The summed E-state index contributed by atoms with van der Waals surface area (Å²) in [4.78, 5) is 15.8. The highest BCUT2D eigenvalue weighted by Gasteiger charge is 2.44. The smallest absolute Gasteiger partial charge is 0.319 e. The maximum absolute atomic E-state index is 12.3. The summed E-state index contributed by atoms with van der Waals surface area (Å²) in [6.07, 6.45) is 0.858. The lowest BCUT2D eigenvalue weighted by molar-refractivity contribution is -0.0535. The molecule has 2 aliphatic rings. The Morgan fingerprint density at radius 3 is 3.00 bits per heavy atom. The average molecular weight is 349 g/mol. The van der Waals surface area contributed by atoms with Crippen molar-refractivity contribution in [2.45, 2.75) is 18.9 Å². The van der Waals surface area contributed by atoms with Crippen LogP contribution in [0.15, 0.2) is 12.1 Å². The molecule has 2 aliphatic heterocycles. The summed E-state index contributed by atoms with van der Waals surface area (Å²) in [5, 5.41) is 11.5. The quantitative estimate of drug-likeness (QED) is 0.876. The number of amides is 2. The summed E-state index contributed by atoms with van der Waals surface area (Å²) in [6.45, 7) is 5.59. The number of nitrogens with zero attached hydrogens (tertiary/aromatic N) is 4. The fourth-order valence-electron chi connectivity index (χ4n) is 3.37. The fraction of sp³-hybridized carbons (Fsp3) is 0.706. The molecule has 138 valence electrons. The van der Waals surface area contributed by atoms with Crippen LogP contribution in [0.1, 0.15) is 12.1 Å². The predicted octanol–water partition coefficient (Wildman–Crippen LogP) is 0.986. The zero-order valence-corrected chi connectivity index (χ0v) is 15.2. The molecule has 2 atom stereocenters. The summed E-state index contributed by atoms with van der Waals surface area (Å²) in [5.74, 6) is 1.12. The van der Waals surface area contributed by atoms with Gasteiger partial charge in [0.25, 0.3) is 0 Å². The molecular weight excluding hydrogens is 322 g/mol. The van der Waals surface area contributed by atoms with Crippen molar-refractivity contribution >= 4 is 11.8 Å². The molecule has 2 saturated heterocycles. The Morgan fingerprint density at radius 2 is 2.28 bits per heavy atom. The standard InChI is InChI=1S/C17H27N5O3/c1-13-4-5-15(20-19-13)18-9-14-8-17(25-10-14)11-22(6-7-24-12-17)16(23)21(2)3/h4-5,14H,6-12H2,1-3H3,(H,18,20)/t14-,17+/m1/s1. The van der Waals surface area contributed by atoms with Crippen molar-refractivity contribution < 1.29 is 14.3 Å². The van der Waals surface area contributed by atoms with Crippen LogP contribution >= 0.6 is 0 Å². The van der Waals surface area contributed by atoms with E-state index in [0.29, 0.717) is 38.8 Å². The lowest BCUT2D eigenvalue weighted by Gasteiger charge is -2.32. The molecule has 1 N–H and O–H groups in total. The number of carbonyl (C=O) groups excluding carboxylic acids is 1. The Kier molecular flexibility index (Phi) is 5.39. The number of hydrogen-bond acceptors (Lipinski definition) is 6. The van der Waals surface area contributed by atoms with E-state index < -0.39 is 5.60 Å². The van der Waals surface area contributed by atoms with E-state index in [9.17, 15) is 4.79 Å². The topological polar surface area (TPSA) is 79.8 Å². The van der Waals surface area contributed by atoms with E-state index in [0.717, 1.165) is 24.5 Å². The second-order valence-electron chi connectivity index (χ2n) is 7.16. The Hall–Kier alpha value is -1.93. The zero-order chi connectivity index (χ0) is 17.9. The first-order valence-electron chi connectivity index (χ1n) is 8.70. The van der Waals surface area contributed by atoms with Gasteiger partial charge in [0.15, 0.2) is 0 Å². The molecule has 2 amide bonds. The first kappa shape index (κ1) is 17.9. The van der Waals surface area contributed by atoms with Crippen molar-refractivity contribution in [2.75, 3.05) is 58.9 Å². The molecule has 0 unspecified atom stereocenters. The molecule has 0 aromatic carbocycles. The third kappa shape index (κ3) is 4.38. The van der Waals surface area contributed by atoms with Gasteiger partial charge in [0.2, 0.25) is 0 Å². The van der Waals surface area contributed by atoms with Gasteiger partial charge in [-0.25, -0.2) is 4.79 Å². The first-order valence-corrected chi connectivity index (χ1v) is 8.70. The van der Waals surface area contributed by atoms with Crippen LogP contribution in [0.4, 0.5) is 10.6 Å². The molecule has 8 heteroatoms. The maximum atomic E-state index is 12.3. The molecule has 2 fully saturated rings. The largest absolute Gasteiger partial charge is 0.377 e. The fourth-order valence-corrected chi connectivity index (χ4v) is 3.37. The van der Waals surface area contributed by atoms with Crippen LogP contribution in [-0.2, 0) is 9.47 Å². The van der Waals surface area contributed by atoms with E-state index in [1.54, 1.807) is 19.0 Å². The van der Waals surface area contributed by atoms with E-state index in [1.807, 2.05) is 24.0 Å². The minimum atomic E-state index is -0.409. The summed E-state index contributed by atoms with van der Waals surface area (Å²) in [6, 6.07) is 3.87. The van der Waals surface area contributed by atoms with Gasteiger partial charge in [0.1, 0.15) is 11.4 Å². The Balaban J connectivity index is 1.57. The van der Waals surface area contributed by atoms with E-state index >= 15 is 0 Å². The summed E-state index contributed by atoms with van der Waals surface area (Å²) in [5.41, 5.74) is 0.489. The van der Waals surface area contributed by atoms with Gasteiger partial charge in [0.05, 0.1) is 32.1 Å². The number of ether oxygens (including phenoxy) is 2. The number of urea groups is 1. The highest BCUT2D eigenvalue weighted by molar-refractivity contribution is 5.74. The molecule has 1 spiro atoms. The number of nitrogens with one attached hydrogen (secondary N) is 1. The molecule has 1 aromatic rings. The molecular formula is C17H27N5O3. The van der Waals surface area contributed by atoms with Crippen molar-refractivity contribution in [3.05, 3.63) is 17.8 Å². The first-order chi connectivity index (χ1) is 12.0. The zero-order valence-electron chi connectivity index (χ0n) is 15.2. The summed E-state index contributed by atoms with van der Waals surface area (Å²) >= 11 is 0. The summed E-state index contributed by atoms with van der Waals surface area (Å²) in [7, 11) is 3.54. The Morgan fingerprint density at radius 1 is 1.44 bits per heavy atom. The van der Waals surface area contributed by atoms with Crippen molar-refractivity contribution in [3.8, 4) is 0 Å². The maximum Gasteiger partial charge on any atom is 0.319 e. The average Bonchev–Trinajstić information content (AvgIpc) is 2.87. The molecule has 0 aliphatic carbocycles. The summed E-state index contributed by atoms with van der Waals surface area (Å²) < 4.78 is 11.9. The highest BCUT2D eigenvalue weighted by atomic mass is 16.5. The molecule has 0 bridgehead atoms. The van der Waals surface area contributed by atoms with Gasteiger partial charge >= 0.3 is 6.03 Å². The predicted molar refractivity (Wildman–Crippen MR) is 93.5 cm³/mol. The van der Waals surface area contributed by atoms with Gasteiger partial charge in [0, 0.05) is 33.1 Å². The highest BCUT2D eigenvalue weighted by Crippen LogP contribution is 2.33. The number of anilines is 1. The van der Waals surface area contributed by atoms with Crippen LogP contribution in [0.2, 0.25) is 0 Å². The van der Waals surface area contributed by atoms with Crippen molar-refractivity contribution in [1.82, 2.24) is 20.0 Å². The number of carbonyl (C=O) groups is 1. The van der Waals surface area contributed by atoms with E-state index in [-0.39, 0.29) is 6.03 Å². The third-order valence-electron chi connectivity index (χ3n) is 4.66. The number of aromatic nitrogens is 2. The van der Waals surface area contributed by atoms with E-state index in [2.05, 4.69) is 15.5 Å². The SMILES string of the molecule is Cc1ccc(NC[C@@H]2CO[C@@]3(COCCN(C(=O)N(C)C)C3)C2)nn1. The van der Waals surface area contributed by atoms with Gasteiger partial charge in [-0.1, -0.05) is 0 Å². The van der Waals surface area contributed by atoms with Crippen molar-refractivity contribution in [1.29, 1.82) is 0 Å². The lowest BCUT2D eigenvalue weighted by atomic mass is 9.94. The van der Waals surface area contributed by atoms with Crippen LogP contribution in [0.5, 0.6) is 0 Å². The second kappa shape index (κ2) is 7.53. The van der Waals surface area contributed by atoms with Gasteiger partial charge in [-0.05, 0) is 25.5 Å². The van der Waals surface area contributed by atoms with Crippen LogP contribution in [0.3, 0.4) is 0 Å². The molecule has 0 radical (unpaired) electrons. The van der Waals surface area contributed by atoms with Crippen LogP contribution < -0.4 is 5.32 Å². The minimum absolute atomic E-state index is 0.00461. The molecule has 1 aromatic heterocycles. The third-order valence-corrected chi connectivity index (χ3v) is 4.66.